The Morgan fingerprint density at radius 2 is 2.00 bits per heavy atom. The summed E-state index contributed by atoms with van der Waals surface area (Å²) in [6.07, 6.45) is 3.72. The maximum absolute atomic E-state index is 12.1. The number of rotatable bonds is 5. The first kappa shape index (κ1) is 20.7. The third-order valence-electron chi connectivity index (χ3n) is 4.47. The second-order valence-corrected chi connectivity index (χ2v) is 5.99. The van der Waals surface area contributed by atoms with Crippen LogP contribution in [-0.2, 0) is 18.3 Å². The van der Waals surface area contributed by atoms with Gasteiger partial charge in [-0.05, 0) is 44.5 Å². The van der Waals surface area contributed by atoms with Gasteiger partial charge in [0.2, 0.25) is 5.91 Å². The van der Waals surface area contributed by atoms with Crippen LogP contribution in [0.4, 0.5) is 0 Å². The molecule has 5 nitrogen and oxygen atoms in total. The quantitative estimate of drug-likeness (QED) is 0.792. The molecule has 24 heavy (non-hydrogen) atoms. The topological polar surface area (TPSA) is 59.0 Å². The van der Waals surface area contributed by atoms with Crippen molar-refractivity contribution in [3.8, 4) is 0 Å². The Labute approximate surface area is 155 Å². The van der Waals surface area contributed by atoms with E-state index < -0.39 is 0 Å². The number of imidazole rings is 1. The van der Waals surface area contributed by atoms with E-state index in [-0.39, 0.29) is 36.6 Å². The predicted molar refractivity (Wildman–Crippen MR) is 102 cm³/mol. The predicted octanol–water partition coefficient (Wildman–Crippen LogP) is 2.47. The maximum Gasteiger partial charge on any atom is 0.223 e. The van der Waals surface area contributed by atoms with Gasteiger partial charge in [-0.2, -0.15) is 0 Å². The monoisotopic (exact) mass is 372 g/mol. The Bertz CT molecular complexity index is 653. The molecule has 1 fully saturated rings. The third kappa shape index (κ3) is 4.85. The highest BCUT2D eigenvalue weighted by Gasteiger charge is 2.20. The van der Waals surface area contributed by atoms with Crippen molar-refractivity contribution in [2.75, 3.05) is 19.6 Å². The van der Waals surface area contributed by atoms with E-state index in [1.165, 1.54) is 0 Å². The third-order valence-corrected chi connectivity index (χ3v) is 4.47. The number of benzene rings is 1. The largest absolute Gasteiger partial charge is 0.356 e. The Kier molecular flexibility index (Phi) is 8.53. The standard InChI is InChI=1S/C17H24N4O.2ClH/c1-21-15-6-3-2-5-14(15)20-16(21)7-4-10-19-17(22)13-8-11-18-12-9-13;;/h2-3,5-6,13,18H,4,7-12H2,1H3,(H,19,22);2*1H. The number of nitrogens with zero attached hydrogens (tertiary/aromatic N) is 2. The molecule has 2 aromatic rings. The molecule has 1 saturated heterocycles. The molecule has 0 radical (unpaired) electrons. The Balaban J connectivity index is 0.00000144. The van der Waals surface area contributed by atoms with E-state index in [9.17, 15) is 4.79 Å². The zero-order valence-electron chi connectivity index (χ0n) is 14.0. The van der Waals surface area contributed by atoms with Crippen LogP contribution >= 0.6 is 24.8 Å². The molecule has 134 valence electrons. The normalized spacial score (nSPS) is 14.7. The molecular formula is C17H26Cl2N4O. The van der Waals surface area contributed by atoms with Crippen LogP contribution in [-0.4, -0.2) is 35.1 Å². The Morgan fingerprint density at radius 3 is 2.71 bits per heavy atom. The van der Waals surface area contributed by atoms with Gasteiger partial charge in [0.05, 0.1) is 11.0 Å². The van der Waals surface area contributed by atoms with Gasteiger partial charge < -0.3 is 15.2 Å². The fourth-order valence-corrected chi connectivity index (χ4v) is 3.11. The molecule has 0 atom stereocenters. The number of hydrogen-bond acceptors (Lipinski definition) is 3. The molecule has 0 bridgehead atoms. The summed E-state index contributed by atoms with van der Waals surface area (Å²) in [5.74, 6) is 1.49. The lowest BCUT2D eigenvalue weighted by atomic mass is 9.97. The number of aryl methyl sites for hydroxylation is 2. The van der Waals surface area contributed by atoms with E-state index in [2.05, 4.69) is 33.3 Å². The summed E-state index contributed by atoms with van der Waals surface area (Å²) in [7, 11) is 2.05. The van der Waals surface area contributed by atoms with Crippen molar-refractivity contribution in [1.29, 1.82) is 0 Å². The van der Waals surface area contributed by atoms with Crippen LogP contribution < -0.4 is 10.6 Å². The van der Waals surface area contributed by atoms with Crippen molar-refractivity contribution in [2.24, 2.45) is 13.0 Å². The maximum atomic E-state index is 12.1. The number of carbonyl (C=O) groups excluding carboxylic acids is 1. The van der Waals surface area contributed by atoms with Gasteiger partial charge in [-0.3, -0.25) is 4.79 Å². The summed E-state index contributed by atoms with van der Waals surface area (Å²) in [5.41, 5.74) is 2.20. The van der Waals surface area contributed by atoms with Crippen molar-refractivity contribution in [2.45, 2.75) is 25.7 Å². The fourth-order valence-electron chi connectivity index (χ4n) is 3.11. The van der Waals surface area contributed by atoms with Crippen LogP contribution in [0.1, 0.15) is 25.1 Å². The summed E-state index contributed by atoms with van der Waals surface area (Å²) >= 11 is 0. The number of halogens is 2. The van der Waals surface area contributed by atoms with E-state index in [0.29, 0.717) is 0 Å². The van der Waals surface area contributed by atoms with Crippen molar-refractivity contribution in [1.82, 2.24) is 20.2 Å². The van der Waals surface area contributed by atoms with Crippen LogP contribution in [0.15, 0.2) is 24.3 Å². The molecule has 3 rings (SSSR count). The van der Waals surface area contributed by atoms with E-state index in [0.717, 1.165) is 62.2 Å². The molecule has 1 aliphatic heterocycles. The summed E-state index contributed by atoms with van der Waals surface area (Å²) in [5, 5.41) is 6.36. The smallest absolute Gasteiger partial charge is 0.223 e. The lowest BCUT2D eigenvalue weighted by molar-refractivity contribution is -0.125. The molecule has 0 unspecified atom stereocenters. The Hall–Kier alpha value is -1.30. The zero-order chi connectivity index (χ0) is 15.4. The molecule has 2 N–H and O–H groups in total. The highest BCUT2D eigenvalue weighted by atomic mass is 35.5. The van der Waals surface area contributed by atoms with Gasteiger partial charge >= 0.3 is 0 Å². The summed E-state index contributed by atoms with van der Waals surface area (Å²) < 4.78 is 2.14. The fraction of sp³-hybridized carbons (Fsp3) is 0.529. The van der Waals surface area contributed by atoms with Crippen molar-refractivity contribution >= 4 is 41.8 Å². The van der Waals surface area contributed by atoms with Gasteiger partial charge in [0.1, 0.15) is 5.82 Å². The van der Waals surface area contributed by atoms with Crippen LogP contribution in [0, 0.1) is 5.92 Å². The minimum absolute atomic E-state index is 0. The highest BCUT2D eigenvalue weighted by Crippen LogP contribution is 2.15. The number of para-hydroxylation sites is 2. The number of hydrogen-bond donors (Lipinski definition) is 2. The highest BCUT2D eigenvalue weighted by molar-refractivity contribution is 5.85. The lowest BCUT2D eigenvalue weighted by Crippen LogP contribution is -2.38. The van der Waals surface area contributed by atoms with Crippen LogP contribution in [0.2, 0.25) is 0 Å². The van der Waals surface area contributed by atoms with Gasteiger partial charge in [0.25, 0.3) is 0 Å². The number of nitrogens with one attached hydrogen (secondary N) is 2. The SMILES string of the molecule is Cl.Cl.Cn1c(CCCNC(=O)C2CCNCC2)nc2ccccc21. The summed E-state index contributed by atoms with van der Waals surface area (Å²) in [6, 6.07) is 8.17. The minimum Gasteiger partial charge on any atom is -0.356 e. The van der Waals surface area contributed by atoms with E-state index in [1.54, 1.807) is 0 Å². The second-order valence-electron chi connectivity index (χ2n) is 5.99. The van der Waals surface area contributed by atoms with Crippen LogP contribution in [0.3, 0.4) is 0 Å². The first-order chi connectivity index (χ1) is 10.8. The van der Waals surface area contributed by atoms with E-state index in [1.807, 2.05) is 18.2 Å². The second kappa shape index (κ2) is 9.87. The van der Waals surface area contributed by atoms with E-state index >= 15 is 0 Å². The number of amides is 1. The van der Waals surface area contributed by atoms with Crippen LogP contribution in [0.25, 0.3) is 11.0 Å². The molecule has 2 heterocycles. The first-order valence-corrected chi connectivity index (χ1v) is 8.14. The van der Waals surface area contributed by atoms with Crippen molar-refractivity contribution < 1.29 is 4.79 Å². The number of piperidine rings is 1. The van der Waals surface area contributed by atoms with Gasteiger partial charge in [0.15, 0.2) is 0 Å². The minimum atomic E-state index is 0. The molecule has 1 aliphatic rings. The van der Waals surface area contributed by atoms with Gasteiger partial charge in [-0.1, -0.05) is 12.1 Å². The molecule has 1 aromatic carbocycles. The first-order valence-electron chi connectivity index (χ1n) is 8.14. The molecule has 1 aromatic heterocycles. The van der Waals surface area contributed by atoms with Gasteiger partial charge in [0, 0.05) is 25.9 Å². The Morgan fingerprint density at radius 1 is 1.29 bits per heavy atom. The molecule has 0 spiro atoms. The van der Waals surface area contributed by atoms with Gasteiger partial charge in [-0.15, -0.1) is 24.8 Å². The number of carbonyl (C=O) groups is 1. The average molecular weight is 373 g/mol. The average Bonchev–Trinajstić information content (AvgIpc) is 2.89. The molecule has 0 saturated carbocycles. The number of fused-ring (bicyclic) bond motifs is 1. The lowest BCUT2D eigenvalue weighted by Gasteiger charge is -2.21. The van der Waals surface area contributed by atoms with Gasteiger partial charge in [-0.25, -0.2) is 4.98 Å². The molecular weight excluding hydrogens is 347 g/mol. The van der Waals surface area contributed by atoms with Crippen LogP contribution in [0.5, 0.6) is 0 Å². The van der Waals surface area contributed by atoms with E-state index in [4.69, 9.17) is 0 Å². The van der Waals surface area contributed by atoms with Crippen molar-refractivity contribution in [3.05, 3.63) is 30.1 Å². The zero-order valence-corrected chi connectivity index (χ0v) is 15.6. The molecule has 0 aliphatic carbocycles. The number of aromatic nitrogens is 2. The summed E-state index contributed by atoms with van der Waals surface area (Å²) in [4.78, 5) is 16.7. The molecule has 7 heteroatoms. The van der Waals surface area contributed by atoms with Crippen molar-refractivity contribution in [3.63, 3.8) is 0 Å². The molecule has 1 amide bonds. The summed E-state index contributed by atoms with van der Waals surface area (Å²) in [6.45, 7) is 2.64.